The molecule has 1 saturated carbocycles. The summed E-state index contributed by atoms with van der Waals surface area (Å²) in [4.78, 5) is 52.4. The molecule has 1 aliphatic carbocycles. The van der Waals surface area contributed by atoms with E-state index in [4.69, 9.17) is 24.0 Å². The smallest absolute Gasteiger partial charge is 0.326 e. The molecule has 9 atom stereocenters. The quantitative estimate of drug-likeness (QED) is 0.266. The highest BCUT2D eigenvalue weighted by Crippen LogP contribution is 2.60. The van der Waals surface area contributed by atoms with Gasteiger partial charge in [0.05, 0.1) is 6.42 Å². The van der Waals surface area contributed by atoms with Crippen molar-refractivity contribution in [3.63, 3.8) is 0 Å². The summed E-state index contributed by atoms with van der Waals surface area (Å²) in [5.74, 6) is -2.94. The third kappa shape index (κ3) is 5.04. The Hall–Kier alpha value is -3.19. The predicted molar refractivity (Wildman–Crippen MR) is 145 cm³/mol. The number of amides is 1. The minimum absolute atomic E-state index is 0.00273. The molecule has 0 unspecified atom stereocenters. The third-order valence-corrected chi connectivity index (χ3v) is 9.71. The van der Waals surface area contributed by atoms with Gasteiger partial charge in [-0.2, -0.15) is 0 Å². The molecule has 7 rings (SSSR count). The van der Waals surface area contributed by atoms with Gasteiger partial charge in [0, 0.05) is 48.2 Å². The Kier molecular flexibility index (Phi) is 7.45. The maximum Gasteiger partial charge on any atom is 0.326 e. The first-order valence-corrected chi connectivity index (χ1v) is 14.7. The molecule has 1 aromatic heterocycles. The Bertz CT molecular complexity index is 1380. The van der Waals surface area contributed by atoms with Crippen LogP contribution in [0.4, 0.5) is 0 Å². The molecule has 42 heavy (non-hydrogen) atoms. The fourth-order valence-electron chi connectivity index (χ4n) is 7.43. The van der Waals surface area contributed by atoms with Crippen LogP contribution in [0, 0.1) is 23.7 Å². The van der Waals surface area contributed by atoms with Crippen molar-refractivity contribution in [2.75, 3.05) is 0 Å². The number of aromatic amines is 1. The van der Waals surface area contributed by atoms with Crippen LogP contribution in [0.1, 0.15) is 64.9 Å². The topological polar surface area (TPSA) is 166 Å². The van der Waals surface area contributed by atoms with Gasteiger partial charge in [0.1, 0.15) is 11.8 Å². The number of H-pyrrole nitrogens is 1. The second-order valence-electron chi connectivity index (χ2n) is 12.5. The summed E-state index contributed by atoms with van der Waals surface area (Å²) in [6.45, 7) is 6.01. The normalized spacial score (nSPS) is 36.1. The van der Waals surface area contributed by atoms with Gasteiger partial charge in [0.2, 0.25) is 18.0 Å². The first-order valence-electron chi connectivity index (χ1n) is 14.7. The number of ether oxygens (including phenoxy) is 3. The van der Waals surface area contributed by atoms with Crippen LogP contribution >= 0.6 is 0 Å². The molecule has 5 fully saturated rings. The maximum atomic E-state index is 12.9. The number of hydrogen-bond acceptors (Lipinski definition) is 9. The summed E-state index contributed by atoms with van der Waals surface area (Å²) >= 11 is 0. The summed E-state index contributed by atoms with van der Waals surface area (Å²) in [7, 11) is 0. The first kappa shape index (κ1) is 28.9. The van der Waals surface area contributed by atoms with Gasteiger partial charge in [-0.1, -0.05) is 13.8 Å². The van der Waals surface area contributed by atoms with Gasteiger partial charge in [-0.25, -0.2) is 14.6 Å². The average molecular weight is 587 g/mol. The van der Waals surface area contributed by atoms with E-state index in [1.54, 1.807) is 12.3 Å². The fourth-order valence-corrected chi connectivity index (χ4v) is 7.43. The van der Waals surface area contributed by atoms with Crippen LogP contribution in [0.25, 0.3) is 10.9 Å². The number of carbonyl (C=O) groups is 3. The largest absolute Gasteiger partial charge is 0.508 e. The Morgan fingerprint density at radius 1 is 1.14 bits per heavy atom. The van der Waals surface area contributed by atoms with E-state index >= 15 is 0 Å². The number of fused-ring (bicyclic) bond motifs is 3. The molecule has 4 aliphatic heterocycles. The number of nitrogens with one attached hydrogen (secondary N) is 2. The molecule has 2 aromatic rings. The first-order chi connectivity index (χ1) is 20.0. The van der Waals surface area contributed by atoms with Crippen LogP contribution in [0.15, 0.2) is 24.4 Å². The number of carbonyl (C=O) groups excluding carboxylic acids is 2. The van der Waals surface area contributed by atoms with Crippen LogP contribution in [-0.2, 0) is 44.8 Å². The minimum atomic E-state index is -1.22. The van der Waals surface area contributed by atoms with Crippen LogP contribution in [0.5, 0.6) is 5.75 Å². The zero-order chi connectivity index (χ0) is 29.8. The number of rotatable bonds is 8. The van der Waals surface area contributed by atoms with E-state index in [0.717, 1.165) is 24.8 Å². The van der Waals surface area contributed by atoms with Crippen LogP contribution < -0.4 is 5.32 Å². The van der Waals surface area contributed by atoms with Gasteiger partial charge in [-0.15, -0.1) is 0 Å². The van der Waals surface area contributed by atoms with Gasteiger partial charge in [-0.3, -0.25) is 9.59 Å². The Labute approximate surface area is 242 Å². The number of carboxylic acids is 1. The van der Waals surface area contributed by atoms with Crippen LogP contribution in [0.2, 0.25) is 0 Å². The molecular formula is C30H38N2O10. The zero-order valence-corrected chi connectivity index (χ0v) is 24.0. The Balaban J connectivity index is 1.07. The van der Waals surface area contributed by atoms with E-state index in [1.807, 2.05) is 13.8 Å². The number of aromatic hydroxyl groups is 1. The van der Waals surface area contributed by atoms with Crippen LogP contribution in [-0.4, -0.2) is 63.1 Å². The molecule has 5 aliphatic rings. The van der Waals surface area contributed by atoms with E-state index in [1.165, 1.54) is 12.1 Å². The van der Waals surface area contributed by atoms with Crippen molar-refractivity contribution in [3.8, 4) is 5.75 Å². The summed E-state index contributed by atoms with van der Waals surface area (Å²) < 4.78 is 18.3. The SMILES string of the molecule is C[C@H]1[C@H](OC(=O)CCC(=O)N[C@@H](Cc2c[nH]c3ccc(O)cc23)C(=O)O)O[C@@H]2O[C@]3(C)CC[C@H]4[C@H](C)CC[C@@H]1[C@@]24OO3. The summed E-state index contributed by atoms with van der Waals surface area (Å²) in [6, 6.07) is 3.52. The van der Waals surface area contributed by atoms with E-state index in [9.17, 15) is 24.6 Å². The second kappa shape index (κ2) is 10.8. The van der Waals surface area contributed by atoms with E-state index in [2.05, 4.69) is 17.2 Å². The van der Waals surface area contributed by atoms with Crippen molar-refractivity contribution < 1.29 is 48.6 Å². The lowest BCUT2D eigenvalue weighted by Crippen LogP contribution is -2.70. The number of aromatic nitrogens is 1. The van der Waals surface area contributed by atoms with Gasteiger partial charge >= 0.3 is 11.9 Å². The van der Waals surface area contributed by atoms with Gasteiger partial charge in [0.15, 0.2) is 11.9 Å². The number of phenols is 1. The molecule has 4 saturated heterocycles. The van der Waals surface area contributed by atoms with Crippen molar-refractivity contribution in [1.82, 2.24) is 10.3 Å². The van der Waals surface area contributed by atoms with E-state index < -0.39 is 47.9 Å². The highest BCUT2D eigenvalue weighted by atomic mass is 17.3. The van der Waals surface area contributed by atoms with E-state index in [-0.39, 0.29) is 42.8 Å². The Morgan fingerprint density at radius 3 is 2.74 bits per heavy atom. The van der Waals surface area contributed by atoms with Crippen molar-refractivity contribution >= 4 is 28.7 Å². The van der Waals surface area contributed by atoms with Crippen molar-refractivity contribution in [3.05, 3.63) is 30.0 Å². The lowest BCUT2D eigenvalue weighted by Gasteiger charge is -2.59. The van der Waals surface area contributed by atoms with E-state index in [0.29, 0.717) is 23.3 Å². The second-order valence-corrected chi connectivity index (χ2v) is 12.5. The van der Waals surface area contributed by atoms with Gasteiger partial charge < -0.3 is 34.7 Å². The third-order valence-electron chi connectivity index (χ3n) is 9.71. The highest BCUT2D eigenvalue weighted by Gasteiger charge is 2.69. The molecule has 0 radical (unpaired) electrons. The average Bonchev–Trinajstić information content (AvgIpc) is 3.19. The number of phenolic OH excluding ortho intramolecular Hbond substituents is 1. The lowest BCUT2D eigenvalue weighted by molar-refractivity contribution is -0.576. The van der Waals surface area contributed by atoms with Crippen molar-refractivity contribution in [2.24, 2.45) is 23.7 Å². The Morgan fingerprint density at radius 2 is 1.95 bits per heavy atom. The number of benzene rings is 1. The van der Waals surface area contributed by atoms with Gasteiger partial charge in [-0.05, 0) is 61.8 Å². The van der Waals surface area contributed by atoms with Gasteiger partial charge in [0.25, 0.3) is 0 Å². The summed E-state index contributed by atoms with van der Waals surface area (Å²) in [5, 5.41) is 22.7. The molecule has 12 nitrogen and oxygen atoms in total. The van der Waals surface area contributed by atoms with Crippen molar-refractivity contribution in [2.45, 2.75) is 95.7 Å². The molecule has 228 valence electrons. The molecular weight excluding hydrogens is 548 g/mol. The molecule has 2 bridgehead atoms. The number of aliphatic carboxylic acids is 1. The molecule has 4 N–H and O–H groups in total. The van der Waals surface area contributed by atoms with Crippen LogP contribution in [0.3, 0.4) is 0 Å². The predicted octanol–water partition coefficient (Wildman–Crippen LogP) is 3.52. The number of hydrogen-bond donors (Lipinski definition) is 4. The maximum absolute atomic E-state index is 12.9. The molecule has 1 amide bonds. The zero-order valence-electron chi connectivity index (χ0n) is 24.0. The summed E-state index contributed by atoms with van der Waals surface area (Å²) in [5.41, 5.74) is 0.594. The highest BCUT2D eigenvalue weighted by molar-refractivity contribution is 5.88. The van der Waals surface area contributed by atoms with Crippen molar-refractivity contribution in [1.29, 1.82) is 0 Å². The molecule has 1 spiro atoms. The lowest BCUT2D eigenvalue weighted by atomic mass is 9.58. The fraction of sp³-hybridized carbons (Fsp3) is 0.633. The molecule has 12 heteroatoms. The summed E-state index contributed by atoms with van der Waals surface area (Å²) in [6.07, 6.45) is 2.94. The molecule has 5 heterocycles. The number of esters is 1. The standard InChI is InChI=1S/C30H38N2O10/c1-15-4-6-21-16(2)27(39-28-30(21)20(15)10-11-29(3,40-28)41-42-30)38-25(35)9-8-24(34)32-23(26(36)37)12-17-14-31-22-7-5-18(33)13-19(17)22/h5,7,13-16,20-21,23,27-28,31,33H,4,6,8-12H2,1-3H3,(H,32,34)(H,36,37)/t15-,16-,20+,21+,23+,27-,28-,29+,30-/m1/s1. The monoisotopic (exact) mass is 586 g/mol. The minimum Gasteiger partial charge on any atom is -0.508 e. The number of carboxylic acid groups (broad SMARTS) is 1. The molecule has 1 aromatic carbocycles.